The molecule has 0 saturated heterocycles. The molecule has 0 radical (unpaired) electrons. The third kappa shape index (κ3) is 3.73. The first-order valence-electron chi connectivity index (χ1n) is 7.19. The molecular formula is C15H19ClN2O3. The van der Waals surface area contributed by atoms with E-state index in [0.717, 1.165) is 32.1 Å². The molecule has 1 aromatic carbocycles. The molecule has 1 aliphatic carbocycles. The Morgan fingerprint density at radius 2 is 2.05 bits per heavy atom. The second-order valence-electron chi connectivity index (χ2n) is 5.44. The van der Waals surface area contributed by atoms with Gasteiger partial charge in [0.25, 0.3) is 11.6 Å². The van der Waals surface area contributed by atoms with Crippen molar-refractivity contribution in [1.29, 1.82) is 0 Å². The first-order valence-corrected chi connectivity index (χ1v) is 7.63. The lowest BCUT2D eigenvalue weighted by Gasteiger charge is -2.21. The summed E-state index contributed by atoms with van der Waals surface area (Å²) in [7, 11) is 0. The van der Waals surface area contributed by atoms with Gasteiger partial charge in [-0.2, -0.15) is 0 Å². The molecule has 1 N–H and O–H groups in total. The highest BCUT2D eigenvalue weighted by Gasteiger charge is 2.25. The maximum absolute atomic E-state index is 12.4. The van der Waals surface area contributed by atoms with E-state index in [1.54, 1.807) is 13.0 Å². The maximum atomic E-state index is 12.4. The summed E-state index contributed by atoms with van der Waals surface area (Å²) in [5, 5.41) is 13.8. The number of benzene rings is 1. The number of carbonyl (C=O) groups is 1. The summed E-state index contributed by atoms with van der Waals surface area (Å²) in [5.41, 5.74) is 0.697. The Kier molecular flexibility index (Phi) is 5.17. The van der Waals surface area contributed by atoms with Crippen LogP contribution in [-0.4, -0.2) is 22.2 Å². The van der Waals surface area contributed by atoms with Crippen LogP contribution >= 0.6 is 11.6 Å². The van der Waals surface area contributed by atoms with Crippen molar-refractivity contribution in [1.82, 2.24) is 5.32 Å². The molecule has 5 nitrogen and oxygen atoms in total. The van der Waals surface area contributed by atoms with Gasteiger partial charge in [-0.25, -0.2) is 0 Å². The predicted octanol–water partition coefficient (Wildman–Crippen LogP) is 3.57. The number of hydrogen-bond acceptors (Lipinski definition) is 3. The molecule has 2 rings (SSSR count). The van der Waals surface area contributed by atoms with Crippen LogP contribution in [0.1, 0.15) is 48.0 Å². The molecule has 1 aromatic rings. The van der Waals surface area contributed by atoms with Gasteiger partial charge in [0.2, 0.25) is 0 Å². The molecule has 2 unspecified atom stereocenters. The number of nitrogens with one attached hydrogen (secondary N) is 1. The van der Waals surface area contributed by atoms with Crippen molar-refractivity contribution in [3.8, 4) is 0 Å². The fourth-order valence-electron chi connectivity index (χ4n) is 2.74. The van der Waals surface area contributed by atoms with Crippen LogP contribution in [0.2, 0.25) is 0 Å². The lowest BCUT2D eigenvalue weighted by molar-refractivity contribution is -0.385. The van der Waals surface area contributed by atoms with Gasteiger partial charge < -0.3 is 5.32 Å². The van der Waals surface area contributed by atoms with Crippen LogP contribution in [0, 0.1) is 17.0 Å². The quantitative estimate of drug-likeness (QED) is 0.401. The lowest BCUT2D eigenvalue weighted by atomic mass is 10.0. The van der Waals surface area contributed by atoms with E-state index >= 15 is 0 Å². The Hall–Kier alpha value is -1.62. The molecule has 1 aliphatic rings. The van der Waals surface area contributed by atoms with Crippen molar-refractivity contribution < 1.29 is 9.72 Å². The zero-order chi connectivity index (χ0) is 15.4. The van der Waals surface area contributed by atoms with Gasteiger partial charge in [-0.15, -0.1) is 11.6 Å². The molecule has 0 bridgehead atoms. The van der Waals surface area contributed by atoms with Crippen LogP contribution in [-0.2, 0) is 0 Å². The number of nitro groups is 1. The van der Waals surface area contributed by atoms with Crippen molar-refractivity contribution in [2.75, 3.05) is 0 Å². The van der Waals surface area contributed by atoms with Crippen molar-refractivity contribution in [2.45, 2.75) is 50.4 Å². The Morgan fingerprint density at radius 1 is 1.33 bits per heavy atom. The molecule has 0 aromatic heterocycles. The molecule has 6 heteroatoms. The monoisotopic (exact) mass is 310 g/mol. The van der Waals surface area contributed by atoms with E-state index in [4.69, 9.17) is 11.6 Å². The molecule has 1 fully saturated rings. The second kappa shape index (κ2) is 6.89. The Labute approximate surface area is 128 Å². The fourth-order valence-corrected chi connectivity index (χ4v) is 3.08. The molecule has 0 spiro atoms. The molecule has 21 heavy (non-hydrogen) atoms. The third-order valence-corrected chi connectivity index (χ3v) is 4.52. The summed E-state index contributed by atoms with van der Waals surface area (Å²) in [6.45, 7) is 1.60. The fraction of sp³-hybridized carbons (Fsp3) is 0.533. The average Bonchev–Trinajstić information content (AvgIpc) is 2.64. The van der Waals surface area contributed by atoms with Crippen molar-refractivity contribution in [3.63, 3.8) is 0 Å². The highest BCUT2D eigenvalue weighted by atomic mass is 35.5. The van der Waals surface area contributed by atoms with Gasteiger partial charge in [-0.3, -0.25) is 14.9 Å². The van der Waals surface area contributed by atoms with Crippen LogP contribution in [0.4, 0.5) is 5.69 Å². The second-order valence-corrected chi connectivity index (χ2v) is 6.00. The zero-order valence-corrected chi connectivity index (χ0v) is 12.7. The van der Waals surface area contributed by atoms with Gasteiger partial charge in [0.05, 0.1) is 10.3 Å². The van der Waals surface area contributed by atoms with Crippen LogP contribution in [0.25, 0.3) is 0 Å². The van der Waals surface area contributed by atoms with E-state index in [9.17, 15) is 14.9 Å². The number of rotatable bonds is 3. The first kappa shape index (κ1) is 15.8. The van der Waals surface area contributed by atoms with Gasteiger partial charge in [0.1, 0.15) is 0 Å². The zero-order valence-electron chi connectivity index (χ0n) is 12.0. The number of hydrogen-bond donors (Lipinski definition) is 1. The number of halogens is 1. The van der Waals surface area contributed by atoms with E-state index in [0.29, 0.717) is 11.1 Å². The van der Waals surface area contributed by atoms with Crippen LogP contribution in [0.3, 0.4) is 0 Å². The summed E-state index contributed by atoms with van der Waals surface area (Å²) in [6.07, 6.45) is 5.00. The molecule has 0 aliphatic heterocycles. The minimum atomic E-state index is -0.470. The van der Waals surface area contributed by atoms with E-state index < -0.39 is 4.92 Å². The highest BCUT2D eigenvalue weighted by Crippen LogP contribution is 2.24. The van der Waals surface area contributed by atoms with Gasteiger partial charge in [-0.1, -0.05) is 25.3 Å². The molecule has 1 amide bonds. The maximum Gasteiger partial charge on any atom is 0.273 e. The van der Waals surface area contributed by atoms with E-state index in [1.165, 1.54) is 12.1 Å². The lowest BCUT2D eigenvalue weighted by Crippen LogP contribution is -2.40. The average molecular weight is 311 g/mol. The molecule has 2 atom stereocenters. The summed E-state index contributed by atoms with van der Waals surface area (Å²) in [4.78, 5) is 22.8. The molecular weight excluding hydrogens is 292 g/mol. The molecule has 114 valence electrons. The van der Waals surface area contributed by atoms with E-state index in [1.807, 2.05) is 0 Å². The van der Waals surface area contributed by atoms with Gasteiger partial charge in [0, 0.05) is 23.2 Å². The predicted molar refractivity (Wildman–Crippen MR) is 81.8 cm³/mol. The smallest absolute Gasteiger partial charge is 0.273 e. The SMILES string of the molecule is Cc1c(C(=O)NC2CCCCCC2Cl)cccc1[N+](=O)[O-]. The number of nitro benzene ring substituents is 1. The van der Waals surface area contributed by atoms with E-state index in [-0.39, 0.29) is 23.0 Å². The van der Waals surface area contributed by atoms with Gasteiger partial charge in [0.15, 0.2) is 0 Å². The Morgan fingerprint density at radius 3 is 2.76 bits per heavy atom. The first-order chi connectivity index (χ1) is 10.0. The molecule has 0 heterocycles. The van der Waals surface area contributed by atoms with Crippen molar-refractivity contribution >= 4 is 23.2 Å². The number of alkyl halides is 1. The minimum absolute atomic E-state index is 0.0362. The number of nitrogens with zero attached hydrogens (tertiary/aromatic N) is 1. The summed E-state index contributed by atoms with van der Waals surface area (Å²) in [5.74, 6) is -0.284. The van der Waals surface area contributed by atoms with Crippen molar-refractivity contribution in [3.05, 3.63) is 39.4 Å². The summed E-state index contributed by atoms with van der Waals surface area (Å²) in [6, 6.07) is 4.48. The number of carbonyl (C=O) groups excluding carboxylic acids is 1. The number of amides is 1. The van der Waals surface area contributed by atoms with Gasteiger partial charge >= 0.3 is 0 Å². The van der Waals surface area contributed by atoms with Crippen LogP contribution in [0.15, 0.2) is 18.2 Å². The normalized spacial score (nSPS) is 22.4. The molecule has 1 saturated carbocycles. The van der Waals surface area contributed by atoms with Crippen molar-refractivity contribution in [2.24, 2.45) is 0 Å². The minimum Gasteiger partial charge on any atom is -0.348 e. The largest absolute Gasteiger partial charge is 0.348 e. The van der Waals surface area contributed by atoms with E-state index in [2.05, 4.69) is 5.32 Å². The Balaban J connectivity index is 2.16. The topological polar surface area (TPSA) is 72.2 Å². The summed E-state index contributed by atoms with van der Waals surface area (Å²) < 4.78 is 0. The van der Waals surface area contributed by atoms with Crippen LogP contribution < -0.4 is 5.32 Å². The highest BCUT2D eigenvalue weighted by molar-refractivity contribution is 6.21. The summed E-state index contributed by atoms with van der Waals surface area (Å²) >= 11 is 6.32. The Bertz CT molecular complexity index is 548. The third-order valence-electron chi connectivity index (χ3n) is 3.99. The van der Waals surface area contributed by atoms with Crippen LogP contribution in [0.5, 0.6) is 0 Å². The van der Waals surface area contributed by atoms with Gasteiger partial charge in [-0.05, 0) is 25.8 Å². The standard InChI is InChI=1S/C15H19ClN2O3/c1-10-11(6-5-9-14(10)18(20)21)15(19)17-13-8-4-2-3-7-12(13)16/h5-6,9,12-13H,2-4,7-8H2,1H3,(H,17,19).